The van der Waals surface area contributed by atoms with E-state index in [-0.39, 0.29) is 11.3 Å². The lowest BCUT2D eigenvalue weighted by Crippen LogP contribution is -2.16. The molecule has 0 aromatic heterocycles. The number of nitrogens with two attached hydrogens (primary N) is 1. The third kappa shape index (κ3) is 3.10. The molecule has 0 spiro atoms. The number of carbonyl (C=O) groups is 1. The lowest BCUT2D eigenvalue weighted by atomic mass is 9.91. The van der Waals surface area contributed by atoms with Crippen LogP contribution in [0.15, 0.2) is 6.07 Å². The van der Waals surface area contributed by atoms with Crippen molar-refractivity contribution in [3.05, 3.63) is 38.4 Å². The van der Waals surface area contributed by atoms with E-state index in [1.807, 2.05) is 20.8 Å². The molecular formula is C14H20N2O3. The van der Waals surface area contributed by atoms with Crippen molar-refractivity contribution in [1.82, 2.24) is 0 Å². The average Bonchev–Trinajstić information content (AvgIpc) is 2.33. The van der Waals surface area contributed by atoms with Crippen molar-refractivity contribution in [2.75, 3.05) is 0 Å². The van der Waals surface area contributed by atoms with Gasteiger partial charge in [0.2, 0.25) is 0 Å². The number of benzene rings is 1. The fourth-order valence-corrected chi connectivity index (χ4v) is 2.37. The topological polar surface area (TPSA) is 86.2 Å². The van der Waals surface area contributed by atoms with Crippen LogP contribution in [0.4, 0.5) is 5.69 Å². The average molecular weight is 264 g/mol. The lowest BCUT2D eigenvalue weighted by molar-refractivity contribution is -0.385. The summed E-state index contributed by atoms with van der Waals surface area (Å²) in [6.07, 6.45) is 3.08. The minimum Gasteiger partial charge on any atom is -0.365 e. The predicted molar refractivity (Wildman–Crippen MR) is 74.3 cm³/mol. The molecule has 104 valence electrons. The van der Waals surface area contributed by atoms with Crippen molar-refractivity contribution in [2.24, 2.45) is 5.73 Å². The summed E-state index contributed by atoms with van der Waals surface area (Å²) in [4.78, 5) is 22.2. The minimum absolute atomic E-state index is 0.0301. The van der Waals surface area contributed by atoms with Gasteiger partial charge >= 0.3 is 0 Å². The molecule has 1 amide bonds. The van der Waals surface area contributed by atoms with Gasteiger partial charge in [0.05, 0.1) is 4.92 Å². The summed E-state index contributed by atoms with van der Waals surface area (Å²) in [6, 6.07) is 1.58. The fourth-order valence-electron chi connectivity index (χ4n) is 2.37. The third-order valence-electron chi connectivity index (χ3n) is 3.26. The number of rotatable bonds is 6. The van der Waals surface area contributed by atoms with Gasteiger partial charge in [0.15, 0.2) is 0 Å². The van der Waals surface area contributed by atoms with Gasteiger partial charge in [-0.2, -0.15) is 0 Å². The quantitative estimate of drug-likeness (QED) is 0.633. The van der Waals surface area contributed by atoms with Crippen molar-refractivity contribution in [3.8, 4) is 0 Å². The Bertz CT molecular complexity index is 510. The van der Waals surface area contributed by atoms with Crippen LogP contribution in [-0.2, 0) is 12.8 Å². The van der Waals surface area contributed by atoms with E-state index in [4.69, 9.17) is 5.73 Å². The van der Waals surface area contributed by atoms with Crippen LogP contribution in [0.5, 0.6) is 0 Å². The number of carbonyl (C=O) groups excluding carboxylic acids is 1. The monoisotopic (exact) mass is 264 g/mol. The van der Waals surface area contributed by atoms with Crippen LogP contribution in [-0.4, -0.2) is 10.8 Å². The van der Waals surface area contributed by atoms with E-state index >= 15 is 0 Å². The van der Waals surface area contributed by atoms with Crippen LogP contribution >= 0.6 is 0 Å². The van der Waals surface area contributed by atoms with Gasteiger partial charge in [-0.05, 0) is 37.0 Å². The molecule has 19 heavy (non-hydrogen) atoms. The Kier molecular flexibility index (Phi) is 5.03. The molecule has 0 fully saturated rings. The zero-order chi connectivity index (χ0) is 14.6. The van der Waals surface area contributed by atoms with Gasteiger partial charge in [0.25, 0.3) is 11.6 Å². The summed E-state index contributed by atoms with van der Waals surface area (Å²) >= 11 is 0. The molecule has 1 aromatic carbocycles. The van der Waals surface area contributed by atoms with Gasteiger partial charge in [0.1, 0.15) is 5.56 Å². The number of aryl methyl sites for hydroxylation is 1. The van der Waals surface area contributed by atoms with E-state index in [0.717, 1.165) is 30.4 Å². The first kappa shape index (κ1) is 15.1. The summed E-state index contributed by atoms with van der Waals surface area (Å²) in [7, 11) is 0. The molecular weight excluding hydrogens is 244 g/mol. The molecule has 1 aromatic rings. The molecule has 0 saturated heterocycles. The zero-order valence-corrected chi connectivity index (χ0v) is 11.7. The molecule has 0 bridgehead atoms. The number of nitro benzene ring substituents is 1. The zero-order valence-electron chi connectivity index (χ0n) is 11.7. The van der Waals surface area contributed by atoms with E-state index in [9.17, 15) is 14.9 Å². The Hall–Kier alpha value is -1.91. The lowest BCUT2D eigenvalue weighted by Gasteiger charge is -2.13. The number of hydrogen-bond donors (Lipinski definition) is 1. The van der Waals surface area contributed by atoms with E-state index < -0.39 is 10.8 Å². The van der Waals surface area contributed by atoms with Gasteiger partial charge in [-0.1, -0.05) is 26.7 Å². The highest BCUT2D eigenvalue weighted by Gasteiger charge is 2.26. The molecule has 0 unspecified atom stereocenters. The Labute approximate surface area is 113 Å². The molecule has 0 atom stereocenters. The molecule has 0 saturated carbocycles. The smallest absolute Gasteiger partial charge is 0.285 e. The predicted octanol–water partition coefficient (Wildman–Crippen LogP) is 2.91. The molecule has 0 aliphatic rings. The number of amides is 1. The summed E-state index contributed by atoms with van der Waals surface area (Å²) in [5.74, 6) is -0.735. The van der Waals surface area contributed by atoms with Crippen molar-refractivity contribution < 1.29 is 9.72 Å². The molecule has 0 heterocycles. The molecule has 0 aliphatic heterocycles. The van der Waals surface area contributed by atoms with E-state index in [2.05, 4.69) is 0 Å². The van der Waals surface area contributed by atoms with Crippen LogP contribution < -0.4 is 5.73 Å². The maximum atomic E-state index is 11.5. The second-order valence-electron chi connectivity index (χ2n) is 4.66. The van der Waals surface area contributed by atoms with Crippen molar-refractivity contribution in [3.63, 3.8) is 0 Å². The first-order chi connectivity index (χ1) is 8.93. The molecule has 5 heteroatoms. The SMILES string of the molecule is CCCc1cc(C(N)=O)c([N+](=O)[O-])c(CCC)c1C. The van der Waals surface area contributed by atoms with E-state index in [0.29, 0.717) is 12.0 Å². The Balaban J connectivity index is 3.62. The summed E-state index contributed by atoms with van der Waals surface area (Å²) in [6.45, 7) is 5.87. The Morgan fingerprint density at radius 2 is 1.89 bits per heavy atom. The Morgan fingerprint density at radius 3 is 2.32 bits per heavy atom. The molecule has 1 rings (SSSR count). The highest BCUT2D eigenvalue weighted by atomic mass is 16.6. The van der Waals surface area contributed by atoms with Crippen LogP contribution in [0.3, 0.4) is 0 Å². The van der Waals surface area contributed by atoms with Crippen LogP contribution in [0.25, 0.3) is 0 Å². The van der Waals surface area contributed by atoms with Crippen molar-refractivity contribution in [1.29, 1.82) is 0 Å². The molecule has 0 aliphatic carbocycles. The fraction of sp³-hybridized carbons (Fsp3) is 0.500. The van der Waals surface area contributed by atoms with E-state index in [1.165, 1.54) is 0 Å². The van der Waals surface area contributed by atoms with Crippen molar-refractivity contribution >= 4 is 11.6 Å². The number of nitro groups is 1. The maximum absolute atomic E-state index is 11.5. The molecule has 2 N–H and O–H groups in total. The van der Waals surface area contributed by atoms with Crippen LogP contribution in [0.1, 0.15) is 53.7 Å². The molecule has 5 nitrogen and oxygen atoms in total. The van der Waals surface area contributed by atoms with E-state index in [1.54, 1.807) is 6.07 Å². The van der Waals surface area contributed by atoms with Gasteiger partial charge in [-0.25, -0.2) is 0 Å². The van der Waals surface area contributed by atoms with Crippen LogP contribution in [0.2, 0.25) is 0 Å². The highest BCUT2D eigenvalue weighted by Crippen LogP contribution is 2.31. The van der Waals surface area contributed by atoms with Gasteiger partial charge in [0, 0.05) is 5.56 Å². The molecule has 0 radical (unpaired) electrons. The largest absolute Gasteiger partial charge is 0.365 e. The van der Waals surface area contributed by atoms with Gasteiger partial charge < -0.3 is 5.73 Å². The number of primary amides is 1. The second kappa shape index (κ2) is 6.31. The van der Waals surface area contributed by atoms with Crippen molar-refractivity contribution in [2.45, 2.75) is 46.5 Å². The summed E-state index contributed by atoms with van der Waals surface area (Å²) < 4.78 is 0. The highest BCUT2D eigenvalue weighted by molar-refractivity contribution is 5.98. The standard InChI is InChI=1S/C14H20N2O3/c1-4-6-10-8-12(14(15)17)13(16(18)19)11(7-5-2)9(10)3/h8H,4-7H2,1-3H3,(H2,15,17). The number of hydrogen-bond acceptors (Lipinski definition) is 3. The number of nitrogens with zero attached hydrogens (tertiary/aromatic N) is 1. The minimum atomic E-state index is -0.735. The first-order valence-corrected chi connectivity index (χ1v) is 6.53. The third-order valence-corrected chi connectivity index (χ3v) is 3.26. The first-order valence-electron chi connectivity index (χ1n) is 6.53. The second-order valence-corrected chi connectivity index (χ2v) is 4.66. The summed E-state index contributed by atoms with van der Waals surface area (Å²) in [5, 5.41) is 11.2. The normalized spacial score (nSPS) is 10.5. The van der Waals surface area contributed by atoms with Gasteiger partial charge in [-0.3, -0.25) is 14.9 Å². The maximum Gasteiger partial charge on any atom is 0.285 e. The Morgan fingerprint density at radius 1 is 1.32 bits per heavy atom. The van der Waals surface area contributed by atoms with Crippen LogP contribution in [0, 0.1) is 17.0 Å². The van der Waals surface area contributed by atoms with Gasteiger partial charge in [-0.15, -0.1) is 0 Å². The summed E-state index contributed by atoms with van der Waals surface area (Å²) in [5.41, 5.74) is 7.74.